The first-order chi connectivity index (χ1) is 8.09. The lowest BCUT2D eigenvalue weighted by molar-refractivity contribution is 0.409. The van der Waals surface area contributed by atoms with Crippen LogP contribution < -0.4 is 5.73 Å². The van der Waals surface area contributed by atoms with Gasteiger partial charge in [0, 0.05) is 22.1 Å². The summed E-state index contributed by atoms with van der Waals surface area (Å²) in [5.41, 5.74) is 7.91. The van der Waals surface area contributed by atoms with Gasteiger partial charge in [-0.05, 0) is 34.8 Å². The first-order valence-corrected chi connectivity index (χ1v) is 6.66. The lowest BCUT2D eigenvalue weighted by atomic mass is 9.84. The van der Waals surface area contributed by atoms with Gasteiger partial charge in [-0.15, -0.1) is 0 Å². The number of hydrogen-bond donors (Lipinski definition) is 2. The van der Waals surface area contributed by atoms with E-state index >= 15 is 0 Å². The van der Waals surface area contributed by atoms with E-state index in [1.807, 2.05) is 6.07 Å². The number of imidazole rings is 1. The summed E-state index contributed by atoms with van der Waals surface area (Å²) in [7, 11) is 0. The molecule has 90 valence electrons. The first kappa shape index (κ1) is 11.2. The van der Waals surface area contributed by atoms with Gasteiger partial charge in [-0.25, -0.2) is 9.97 Å². The molecule has 1 aliphatic rings. The van der Waals surface area contributed by atoms with Crippen LogP contribution in [0.5, 0.6) is 0 Å². The maximum Gasteiger partial charge on any atom is 0.177 e. The van der Waals surface area contributed by atoms with Gasteiger partial charge in [0.25, 0.3) is 0 Å². The van der Waals surface area contributed by atoms with Crippen LogP contribution in [0.15, 0.2) is 16.7 Å². The summed E-state index contributed by atoms with van der Waals surface area (Å²) in [4.78, 5) is 12.3. The molecule has 3 N–H and O–H groups in total. The number of aromatic amines is 1. The molecule has 0 saturated heterocycles. The zero-order valence-corrected chi connectivity index (χ0v) is 11.3. The zero-order valence-electron chi connectivity index (χ0n) is 9.70. The number of nitrogens with two attached hydrogens (primary N) is 1. The minimum atomic E-state index is -0.0345. The molecule has 1 fully saturated rings. The van der Waals surface area contributed by atoms with E-state index < -0.39 is 0 Å². The van der Waals surface area contributed by atoms with Gasteiger partial charge in [-0.1, -0.05) is 13.3 Å². The smallest absolute Gasteiger partial charge is 0.177 e. The third-order valence-electron chi connectivity index (χ3n) is 3.87. The van der Waals surface area contributed by atoms with Crippen molar-refractivity contribution in [1.29, 1.82) is 0 Å². The number of pyridine rings is 1. The topological polar surface area (TPSA) is 67.6 Å². The Hall–Kier alpha value is -0.940. The molecule has 1 saturated carbocycles. The van der Waals surface area contributed by atoms with Crippen LogP contribution in [-0.2, 0) is 5.41 Å². The van der Waals surface area contributed by atoms with E-state index in [1.54, 1.807) is 6.20 Å². The number of rotatable bonds is 1. The molecule has 2 aromatic heterocycles. The number of nitrogens with zero attached hydrogens (tertiary/aromatic N) is 2. The van der Waals surface area contributed by atoms with Gasteiger partial charge < -0.3 is 10.7 Å². The second-order valence-electron chi connectivity index (χ2n) is 5.03. The molecule has 2 atom stereocenters. The van der Waals surface area contributed by atoms with Crippen molar-refractivity contribution in [3.63, 3.8) is 0 Å². The molecular weight excluding hydrogens is 280 g/mol. The largest absolute Gasteiger partial charge is 0.340 e. The molecule has 2 heterocycles. The Morgan fingerprint density at radius 3 is 3.12 bits per heavy atom. The molecule has 5 heteroatoms. The number of nitrogens with one attached hydrogen (secondary N) is 1. The summed E-state index contributed by atoms with van der Waals surface area (Å²) >= 11 is 3.42. The molecular formula is C12H15BrN4. The number of fused-ring (bicyclic) bond motifs is 1. The van der Waals surface area contributed by atoms with Crippen LogP contribution in [0, 0.1) is 0 Å². The molecule has 1 aliphatic carbocycles. The van der Waals surface area contributed by atoms with Crippen molar-refractivity contribution < 1.29 is 0 Å². The molecule has 17 heavy (non-hydrogen) atoms. The number of aromatic nitrogens is 3. The van der Waals surface area contributed by atoms with Crippen LogP contribution in [-0.4, -0.2) is 21.0 Å². The summed E-state index contributed by atoms with van der Waals surface area (Å²) in [5.74, 6) is 0.975. The number of hydrogen-bond acceptors (Lipinski definition) is 3. The van der Waals surface area contributed by atoms with Crippen molar-refractivity contribution in [2.24, 2.45) is 5.73 Å². The van der Waals surface area contributed by atoms with E-state index in [2.05, 4.69) is 37.8 Å². The van der Waals surface area contributed by atoms with Gasteiger partial charge in [0.15, 0.2) is 5.65 Å². The van der Waals surface area contributed by atoms with Gasteiger partial charge in [-0.2, -0.15) is 0 Å². The molecule has 0 bridgehead atoms. The third kappa shape index (κ3) is 1.68. The van der Waals surface area contributed by atoms with Crippen LogP contribution >= 0.6 is 15.9 Å². The molecule has 0 radical (unpaired) electrons. The standard InChI is InChI=1S/C12H15BrN4/c1-12(4-2-3-9(12)14)11-16-8-5-7(13)6-15-10(8)17-11/h5-6,9H,2-4,14H2,1H3,(H,15,16,17). The van der Waals surface area contributed by atoms with Crippen molar-refractivity contribution in [2.75, 3.05) is 0 Å². The van der Waals surface area contributed by atoms with Gasteiger partial charge in [0.2, 0.25) is 0 Å². The Bertz CT molecular complexity index is 565. The second-order valence-corrected chi connectivity index (χ2v) is 5.94. The number of halogens is 1. The maximum absolute atomic E-state index is 6.21. The minimum absolute atomic E-state index is 0.0345. The molecule has 4 nitrogen and oxygen atoms in total. The Labute approximate surface area is 108 Å². The van der Waals surface area contributed by atoms with Crippen molar-refractivity contribution in [1.82, 2.24) is 15.0 Å². The number of H-pyrrole nitrogens is 1. The minimum Gasteiger partial charge on any atom is -0.340 e. The van der Waals surface area contributed by atoms with E-state index in [1.165, 1.54) is 6.42 Å². The average molecular weight is 295 g/mol. The molecule has 0 aromatic carbocycles. The summed E-state index contributed by atoms with van der Waals surface area (Å²) in [6, 6.07) is 2.19. The van der Waals surface area contributed by atoms with Crippen molar-refractivity contribution in [3.05, 3.63) is 22.6 Å². The van der Waals surface area contributed by atoms with Crippen LogP contribution in [0.4, 0.5) is 0 Å². The lowest BCUT2D eigenvalue weighted by Gasteiger charge is -2.26. The fraction of sp³-hybridized carbons (Fsp3) is 0.500. The lowest BCUT2D eigenvalue weighted by Crippen LogP contribution is -2.39. The Balaban J connectivity index is 2.12. The van der Waals surface area contributed by atoms with Crippen LogP contribution in [0.1, 0.15) is 32.0 Å². The van der Waals surface area contributed by atoms with Gasteiger partial charge in [0.1, 0.15) is 5.82 Å². The Kier molecular flexibility index (Phi) is 2.48. The van der Waals surface area contributed by atoms with E-state index in [4.69, 9.17) is 5.73 Å². The monoisotopic (exact) mass is 294 g/mol. The molecule has 3 rings (SSSR count). The normalized spacial score (nSPS) is 29.0. The molecule has 0 spiro atoms. The summed E-state index contributed by atoms with van der Waals surface area (Å²) < 4.78 is 0.959. The molecule has 2 unspecified atom stereocenters. The highest BCUT2D eigenvalue weighted by Gasteiger charge is 2.40. The molecule has 0 amide bonds. The summed E-state index contributed by atoms with van der Waals surface area (Å²) in [5, 5.41) is 0. The van der Waals surface area contributed by atoms with Gasteiger partial charge in [0.05, 0.1) is 5.52 Å². The molecule has 0 aliphatic heterocycles. The fourth-order valence-electron chi connectivity index (χ4n) is 2.63. The third-order valence-corrected chi connectivity index (χ3v) is 4.31. The predicted octanol–water partition coefficient (Wildman–Crippen LogP) is 2.49. The highest BCUT2D eigenvalue weighted by atomic mass is 79.9. The Morgan fingerprint density at radius 1 is 1.59 bits per heavy atom. The fourth-order valence-corrected chi connectivity index (χ4v) is 2.96. The van der Waals surface area contributed by atoms with Crippen LogP contribution in [0.2, 0.25) is 0 Å². The predicted molar refractivity (Wildman–Crippen MR) is 70.8 cm³/mol. The van der Waals surface area contributed by atoms with Crippen molar-refractivity contribution >= 4 is 27.1 Å². The average Bonchev–Trinajstić information content (AvgIpc) is 2.84. The van der Waals surface area contributed by atoms with Crippen molar-refractivity contribution in [2.45, 2.75) is 37.6 Å². The Morgan fingerprint density at radius 2 is 2.41 bits per heavy atom. The van der Waals surface area contributed by atoms with Gasteiger partial charge in [-0.3, -0.25) is 0 Å². The van der Waals surface area contributed by atoms with E-state index in [0.717, 1.165) is 34.3 Å². The highest BCUT2D eigenvalue weighted by molar-refractivity contribution is 9.10. The summed E-state index contributed by atoms with van der Waals surface area (Å²) in [6.07, 6.45) is 5.11. The first-order valence-electron chi connectivity index (χ1n) is 5.87. The zero-order chi connectivity index (χ0) is 12.0. The molecule has 2 aromatic rings. The van der Waals surface area contributed by atoms with Crippen molar-refractivity contribution in [3.8, 4) is 0 Å². The summed E-state index contributed by atoms with van der Waals surface area (Å²) in [6.45, 7) is 2.19. The van der Waals surface area contributed by atoms with E-state index in [-0.39, 0.29) is 11.5 Å². The van der Waals surface area contributed by atoms with E-state index in [9.17, 15) is 0 Å². The van der Waals surface area contributed by atoms with Crippen LogP contribution in [0.3, 0.4) is 0 Å². The second kappa shape index (κ2) is 3.78. The maximum atomic E-state index is 6.21. The highest BCUT2D eigenvalue weighted by Crippen LogP contribution is 2.38. The SMILES string of the molecule is CC1(c2nc3ncc(Br)cc3[nH]2)CCCC1N. The van der Waals surface area contributed by atoms with Gasteiger partial charge >= 0.3 is 0 Å². The van der Waals surface area contributed by atoms with Crippen LogP contribution in [0.25, 0.3) is 11.2 Å². The quantitative estimate of drug-likeness (QED) is 0.849. The van der Waals surface area contributed by atoms with E-state index in [0.29, 0.717) is 0 Å².